The quantitative estimate of drug-likeness (QED) is 0.908. The molecule has 2 aromatic heterocycles. The molecule has 0 aliphatic rings. The molecule has 17 heavy (non-hydrogen) atoms. The first-order valence-corrected chi connectivity index (χ1v) is 5.18. The van der Waals surface area contributed by atoms with Crippen molar-refractivity contribution in [3.8, 4) is 0 Å². The van der Waals surface area contributed by atoms with Crippen LogP contribution in [0.5, 0.6) is 0 Å². The van der Waals surface area contributed by atoms with E-state index in [0.29, 0.717) is 12.8 Å². The lowest BCUT2D eigenvalue weighted by atomic mass is 10.1. The first kappa shape index (κ1) is 13.4. The summed E-state index contributed by atoms with van der Waals surface area (Å²) < 4.78 is 0. The maximum absolute atomic E-state index is 10.4. The van der Waals surface area contributed by atoms with Crippen LogP contribution in [-0.2, 0) is 11.2 Å². The monoisotopic (exact) mass is 252 g/mol. The second kappa shape index (κ2) is 6.15. The van der Waals surface area contributed by atoms with Gasteiger partial charge in [-0.3, -0.25) is 4.79 Å². The lowest BCUT2D eigenvalue weighted by molar-refractivity contribution is -0.137. The second-order valence-electron chi connectivity index (χ2n) is 3.60. The minimum atomic E-state index is -0.765. The molecule has 0 aliphatic carbocycles. The van der Waals surface area contributed by atoms with Crippen molar-refractivity contribution in [1.29, 1.82) is 0 Å². The first-order valence-electron chi connectivity index (χ1n) is 5.18. The van der Waals surface area contributed by atoms with E-state index in [1.807, 2.05) is 24.3 Å². The average Bonchev–Trinajstić information content (AvgIpc) is 2.28. The van der Waals surface area contributed by atoms with Crippen molar-refractivity contribution in [2.75, 3.05) is 0 Å². The molecule has 5 heteroatoms. The summed E-state index contributed by atoms with van der Waals surface area (Å²) in [5.41, 5.74) is 1.61. The standard InChI is InChI=1S/C12H12N2O2.ClH/c15-11(16)5-1-4-10-7-6-9-3-2-8-13-12(9)14-10;/h2-3,6-8H,1,4-5H2,(H,15,16);1H. The molecule has 0 spiro atoms. The lowest BCUT2D eigenvalue weighted by Gasteiger charge is -2.00. The average molecular weight is 253 g/mol. The van der Waals surface area contributed by atoms with Gasteiger partial charge >= 0.3 is 5.97 Å². The van der Waals surface area contributed by atoms with E-state index in [9.17, 15) is 4.79 Å². The van der Waals surface area contributed by atoms with Crippen LogP contribution in [0.1, 0.15) is 18.5 Å². The fourth-order valence-corrected chi connectivity index (χ4v) is 1.55. The van der Waals surface area contributed by atoms with Gasteiger partial charge in [0.05, 0.1) is 0 Å². The van der Waals surface area contributed by atoms with Crippen LogP contribution in [0.4, 0.5) is 0 Å². The number of rotatable bonds is 4. The normalized spacial score (nSPS) is 9.88. The van der Waals surface area contributed by atoms with Crippen molar-refractivity contribution in [2.45, 2.75) is 19.3 Å². The van der Waals surface area contributed by atoms with Crippen LogP contribution in [-0.4, -0.2) is 21.0 Å². The molecule has 4 nitrogen and oxygen atoms in total. The number of nitrogens with zero attached hydrogens (tertiary/aromatic N) is 2. The van der Waals surface area contributed by atoms with E-state index in [1.54, 1.807) is 6.20 Å². The van der Waals surface area contributed by atoms with Gasteiger partial charge in [0.25, 0.3) is 0 Å². The van der Waals surface area contributed by atoms with Crippen LogP contribution in [0.25, 0.3) is 11.0 Å². The Labute approximate surface area is 105 Å². The van der Waals surface area contributed by atoms with Gasteiger partial charge in [0, 0.05) is 23.7 Å². The second-order valence-corrected chi connectivity index (χ2v) is 3.60. The third kappa shape index (κ3) is 3.67. The number of fused-ring (bicyclic) bond motifs is 1. The minimum absolute atomic E-state index is 0. The summed E-state index contributed by atoms with van der Waals surface area (Å²) in [4.78, 5) is 18.9. The zero-order chi connectivity index (χ0) is 11.4. The molecule has 0 saturated heterocycles. The Balaban J connectivity index is 0.00000144. The summed E-state index contributed by atoms with van der Waals surface area (Å²) in [6.45, 7) is 0. The smallest absolute Gasteiger partial charge is 0.303 e. The van der Waals surface area contributed by atoms with Crippen LogP contribution >= 0.6 is 12.4 Å². The van der Waals surface area contributed by atoms with Crippen LogP contribution in [0, 0.1) is 0 Å². The van der Waals surface area contributed by atoms with Crippen molar-refractivity contribution in [2.24, 2.45) is 0 Å². The van der Waals surface area contributed by atoms with Crippen LogP contribution < -0.4 is 0 Å². The van der Waals surface area contributed by atoms with Gasteiger partial charge in [0.15, 0.2) is 5.65 Å². The molecule has 0 amide bonds. The SMILES string of the molecule is Cl.O=C(O)CCCc1ccc2cccnc2n1. The van der Waals surface area contributed by atoms with E-state index in [2.05, 4.69) is 9.97 Å². The minimum Gasteiger partial charge on any atom is -0.481 e. The summed E-state index contributed by atoms with van der Waals surface area (Å²) in [5, 5.41) is 9.53. The Bertz CT molecular complexity index is 517. The van der Waals surface area contributed by atoms with Gasteiger partial charge in [-0.25, -0.2) is 9.97 Å². The molecule has 1 N–H and O–H groups in total. The molecule has 2 heterocycles. The van der Waals surface area contributed by atoms with E-state index in [1.165, 1.54) is 0 Å². The molecule has 2 rings (SSSR count). The first-order chi connectivity index (χ1) is 7.75. The maximum Gasteiger partial charge on any atom is 0.303 e. The van der Waals surface area contributed by atoms with Crippen LogP contribution in [0.2, 0.25) is 0 Å². The van der Waals surface area contributed by atoms with E-state index in [-0.39, 0.29) is 18.8 Å². The van der Waals surface area contributed by atoms with Gasteiger partial charge < -0.3 is 5.11 Å². The van der Waals surface area contributed by atoms with Crippen molar-refractivity contribution in [3.63, 3.8) is 0 Å². The van der Waals surface area contributed by atoms with Gasteiger partial charge in [-0.15, -0.1) is 12.4 Å². The molecule has 0 bridgehead atoms. The Kier molecular flexibility index (Phi) is 4.84. The highest BCUT2D eigenvalue weighted by Gasteiger charge is 2.01. The van der Waals surface area contributed by atoms with Crippen LogP contribution in [0.3, 0.4) is 0 Å². The molecule has 0 aromatic carbocycles. The third-order valence-corrected chi connectivity index (χ3v) is 2.35. The fourth-order valence-electron chi connectivity index (χ4n) is 1.55. The molecule has 0 saturated carbocycles. The molecular formula is C12H13ClN2O2. The van der Waals surface area contributed by atoms with Gasteiger partial charge in [-0.1, -0.05) is 0 Å². The number of aryl methyl sites for hydroxylation is 1. The largest absolute Gasteiger partial charge is 0.481 e. The Morgan fingerprint density at radius 1 is 1.29 bits per heavy atom. The summed E-state index contributed by atoms with van der Waals surface area (Å²) in [5.74, 6) is -0.765. The van der Waals surface area contributed by atoms with Gasteiger partial charge in [-0.2, -0.15) is 0 Å². The van der Waals surface area contributed by atoms with Crippen molar-refractivity contribution >= 4 is 29.4 Å². The van der Waals surface area contributed by atoms with Crippen molar-refractivity contribution in [3.05, 3.63) is 36.2 Å². The number of hydrogen-bond acceptors (Lipinski definition) is 3. The topological polar surface area (TPSA) is 63.1 Å². The van der Waals surface area contributed by atoms with Gasteiger partial charge in [-0.05, 0) is 37.1 Å². The molecule has 0 radical (unpaired) electrons. The van der Waals surface area contributed by atoms with Gasteiger partial charge in [0.1, 0.15) is 0 Å². The number of carboxylic acid groups (broad SMARTS) is 1. The number of halogens is 1. The molecule has 0 atom stereocenters. The van der Waals surface area contributed by atoms with Crippen molar-refractivity contribution < 1.29 is 9.90 Å². The highest BCUT2D eigenvalue weighted by molar-refractivity contribution is 5.85. The van der Waals surface area contributed by atoms with Gasteiger partial charge in [0.2, 0.25) is 0 Å². The molecule has 0 fully saturated rings. The predicted molar refractivity (Wildman–Crippen MR) is 67.4 cm³/mol. The molecule has 2 aromatic rings. The zero-order valence-corrected chi connectivity index (χ0v) is 9.98. The summed E-state index contributed by atoms with van der Waals surface area (Å²) in [7, 11) is 0. The third-order valence-electron chi connectivity index (χ3n) is 2.35. The van der Waals surface area contributed by atoms with E-state index in [4.69, 9.17) is 5.11 Å². The number of aromatic nitrogens is 2. The highest BCUT2D eigenvalue weighted by Crippen LogP contribution is 2.10. The number of hydrogen-bond donors (Lipinski definition) is 1. The van der Waals surface area contributed by atoms with Crippen LogP contribution in [0.15, 0.2) is 30.5 Å². The Morgan fingerprint density at radius 3 is 2.88 bits per heavy atom. The number of carbonyl (C=O) groups is 1. The van der Waals surface area contributed by atoms with E-state index < -0.39 is 5.97 Å². The maximum atomic E-state index is 10.4. The predicted octanol–water partition coefficient (Wildman–Crippen LogP) is 2.46. The fraction of sp³-hybridized carbons (Fsp3) is 0.250. The molecular weight excluding hydrogens is 240 g/mol. The van der Waals surface area contributed by atoms with E-state index >= 15 is 0 Å². The molecule has 0 unspecified atom stereocenters. The number of carboxylic acids is 1. The number of aliphatic carboxylic acids is 1. The summed E-state index contributed by atoms with van der Waals surface area (Å²) in [6.07, 6.45) is 3.18. The summed E-state index contributed by atoms with van der Waals surface area (Å²) >= 11 is 0. The lowest BCUT2D eigenvalue weighted by Crippen LogP contribution is -1.97. The summed E-state index contributed by atoms with van der Waals surface area (Å²) in [6, 6.07) is 7.71. The Hall–Kier alpha value is -1.68. The molecule has 90 valence electrons. The zero-order valence-electron chi connectivity index (χ0n) is 9.17. The highest BCUT2D eigenvalue weighted by atomic mass is 35.5. The number of pyridine rings is 2. The molecule has 0 aliphatic heterocycles. The van der Waals surface area contributed by atoms with E-state index in [0.717, 1.165) is 16.7 Å². The van der Waals surface area contributed by atoms with Crippen molar-refractivity contribution in [1.82, 2.24) is 9.97 Å². The Morgan fingerprint density at radius 2 is 2.12 bits per heavy atom.